The van der Waals surface area contributed by atoms with Crippen molar-refractivity contribution in [2.24, 2.45) is 5.92 Å². The second-order valence-corrected chi connectivity index (χ2v) is 12.6. The Hall–Kier alpha value is -2.30. The summed E-state index contributed by atoms with van der Waals surface area (Å²) in [5.74, 6) is 1.04. The Bertz CT molecular complexity index is 1150. The summed E-state index contributed by atoms with van der Waals surface area (Å²) < 4.78 is 46.3. The molecule has 1 saturated heterocycles. The van der Waals surface area contributed by atoms with Crippen molar-refractivity contribution >= 4 is 15.9 Å². The van der Waals surface area contributed by atoms with Crippen LogP contribution in [0.4, 0.5) is 4.39 Å². The van der Waals surface area contributed by atoms with Gasteiger partial charge in [-0.3, -0.25) is 4.79 Å². The van der Waals surface area contributed by atoms with E-state index in [4.69, 9.17) is 4.52 Å². The average Bonchev–Trinajstić information content (AvgIpc) is 3.60. The first kappa shape index (κ1) is 25.4. The Morgan fingerprint density at radius 1 is 1.03 bits per heavy atom. The van der Waals surface area contributed by atoms with E-state index in [9.17, 15) is 17.6 Å². The van der Waals surface area contributed by atoms with Crippen molar-refractivity contribution in [2.75, 3.05) is 18.8 Å². The molecule has 36 heavy (non-hydrogen) atoms. The number of piperidine rings is 1. The molecule has 2 aliphatic carbocycles. The highest BCUT2D eigenvalue weighted by Gasteiger charge is 2.33. The molecule has 1 amide bonds. The van der Waals surface area contributed by atoms with Gasteiger partial charge in [-0.1, -0.05) is 17.3 Å². The molecule has 1 aliphatic heterocycles. The molecule has 0 spiro atoms. The fraction of sp³-hybridized carbons (Fsp3) is 0.615. The first-order valence-electron chi connectivity index (χ1n) is 13.1. The lowest BCUT2D eigenvalue weighted by atomic mass is 9.87. The second-order valence-electron chi connectivity index (χ2n) is 10.5. The number of nitrogens with zero attached hydrogens (tertiary/aromatic N) is 2. The van der Waals surface area contributed by atoms with Crippen LogP contribution < -0.4 is 10.6 Å². The van der Waals surface area contributed by atoms with E-state index in [0.717, 1.165) is 49.8 Å². The van der Waals surface area contributed by atoms with Crippen molar-refractivity contribution < 1.29 is 22.1 Å². The van der Waals surface area contributed by atoms with Crippen LogP contribution in [0, 0.1) is 11.7 Å². The summed E-state index contributed by atoms with van der Waals surface area (Å²) in [6.07, 6.45) is 6.93. The van der Waals surface area contributed by atoms with Crippen molar-refractivity contribution in [2.45, 2.75) is 75.9 Å². The third-order valence-electron chi connectivity index (χ3n) is 7.70. The van der Waals surface area contributed by atoms with E-state index in [-0.39, 0.29) is 29.4 Å². The van der Waals surface area contributed by atoms with Gasteiger partial charge in [0.1, 0.15) is 11.6 Å². The maximum absolute atomic E-state index is 13.4. The Balaban J connectivity index is 1.02. The molecule has 0 radical (unpaired) electrons. The minimum absolute atomic E-state index is 0.0652. The maximum Gasteiger partial charge on any atom is 0.273 e. The number of benzene rings is 1. The summed E-state index contributed by atoms with van der Waals surface area (Å²) >= 11 is 0. The van der Waals surface area contributed by atoms with Gasteiger partial charge in [-0.25, -0.2) is 17.1 Å². The van der Waals surface area contributed by atoms with Gasteiger partial charge in [-0.05, 0) is 75.0 Å². The van der Waals surface area contributed by atoms with Crippen molar-refractivity contribution in [1.29, 1.82) is 0 Å². The smallest absolute Gasteiger partial charge is 0.273 e. The molecule has 0 unspecified atom stereocenters. The molecule has 8 nitrogen and oxygen atoms in total. The van der Waals surface area contributed by atoms with Crippen molar-refractivity contribution in [3.05, 3.63) is 53.2 Å². The lowest BCUT2D eigenvalue weighted by Gasteiger charge is -2.34. The second kappa shape index (κ2) is 11.0. The number of sulfonamides is 1. The molecular formula is C26H35FN4O4S. The molecular weight excluding hydrogens is 483 g/mol. The van der Waals surface area contributed by atoms with Gasteiger partial charge in [0.05, 0.1) is 5.75 Å². The number of rotatable bonds is 9. The highest BCUT2D eigenvalue weighted by Crippen LogP contribution is 2.40. The SMILES string of the molecule is O=C(NC1CCN(S(=O)(=O)CC2CCC(NCc3cccc(F)c3)CC2)CC1)c1cc(C2CC2)on1. The monoisotopic (exact) mass is 518 g/mol. The van der Waals surface area contributed by atoms with Gasteiger partial charge in [-0.15, -0.1) is 0 Å². The number of carbonyl (C=O) groups excluding carboxylic acids is 1. The topological polar surface area (TPSA) is 105 Å². The van der Waals surface area contributed by atoms with Crippen LogP contribution in [0.25, 0.3) is 0 Å². The molecule has 5 rings (SSSR count). The van der Waals surface area contributed by atoms with E-state index in [0.29, 0.717) is 50.1 Å². The standard InChI is InChI=1S/C26H35FN4O4S/c27-21-3-1-2-19(14-21)16-28-22-8-4-18(5-9-22)17-36(33,34)31-12-10-23(11-13-31)29-26(32)24-15-25(35-30-24)20-6-7-20/h1-3,14-15,18,20,22-23,28H,4-13,16-17H2,(H,29,32). The Labute approximate surface area is 212 Å². The van der Waals surface area contributed by atoms with Crippen molar-refractivity contribution in [1.82, 2.24) is 20.1 Å². The Morgan fingerprint density at radius 2 is 1.78 bits per heavy atom. The van der Waals surface area contributed by atoms with Crippen molar-refractivity contribution in [3.63, 3.8) is 0 Å². The van der Waals surface area contributed by atoms with Gasteiger partial charge in [0.2, 0.25) is 10.0 Å². The lowest BCUT2D eigenvalue weighted by molar-refractivity contribution is 0.0914. The molecule has 1 aromatic heterocycles. The number of amides is 1. The zero-order valence-corrected chi connectivity index (χ0v) is 21.3. The average molecular weight is 519 g/mol. The molecule has 3 aliphatic rings. The van der Waals surface area contributed by atoms with E-state index < -0.39 is 10.0 Å². The predicted molar refractivity (Wildman–Crippen MR) is 133 cm³/mol. The normalized spacial score (nSPS) is 24.0. The first-order chi connectivity index (χ1) is 17.4. The van der Waals surface area contributed by atoms with Crippen LogP contribution in [0.2, 0.25) is 0 Å². The van der Waals surface area contributed by atoms with Crippen LogP contribution in [0.5, 0.6) is 0 Å². The predicted octanol–water partition coefficient (Wildman–Crippen LogP) is 3.56. The fourth-order valence-electron chi connectivity index (χ4n) is 5.34. The van der Waals surface area contributed by atoms with E-state index in [1.54, 1.807) is 22.5 Å². The Morgan fingerprint density at radius 3 is 2.47 bits per heavy atom. The molecule has 196 valence electrons. The molecule has 3 fully saturated rings. The summed E-state index contributed by atoms with van der Waals surface area (Å²) in [5, 5.41) is 10.3. The third-order valence-corrected chi connectivity index (χ3v) is 9.74. The maximum atomic E-state index is 13.4. The van der Waals surface area contributed by atoms with Crippen LogP contribution in [0.1, 0.15) is 79.1 Å². The summed E-state index contributed by atoms with van der Waals surface area (Å²) in [6.45, 7) is 1.46. The minimum atomic E-state index is -3.33. The number of carbonyl (C=O) groups is 1. The number of hydrogen-bond acceptors (Lipinski definition) is 6. The largest absolute Gasteiger partial charge is 0.360 e. The van der Waals surface area contributed by atoms with Gasteiger partial charge < -0.3 is 15.2 Å². The van der Waals surface area contributed by atoms with Gasteiger partial charge in [0.25, 0.3) is 5.91 Å². The molecule has 10 heteroatoms. The van der Waals surface area contributed by atoms with Crippen LogP contribution in [-0.2, 0) is 16.6 Å². The lowest BCUT2D eigenvalue weighted by Crippen LogP contribution is -2.47. The highest BCUT2D eigenvalue weighted by molar-refractivity contribution is 7.89. The number of nitrogens with one attached hydrogen (secondary N) is 2. The van der Waals surface area contributed by atoms with Gasteiger partial charge in [0.15, 0.2) is 5.69 Å². The number of hydrogen-bond donors (Lipinski definition) is 2. The fourth-order valence-corrected chi connectivity index (χ4v) is 7.25. The molecule has 2 saturated carbocycles. The summed E-state index contributed by atoms with van der Waals surface area (Å²) in [7, 11) is -3.33. The molecule has 2 N–H and O–H groups in total. The minimum Gasteiger partial charge on any atom is -0.360 e. The van der Waals surface area contributed by atoms with Crippen LogP contribution in [0.15, 0.2) is 34.9 Å². The summed E-state index contributed by atoms with van der Waals surface area (Å²) in [5.41, 5.74) is 1.22. The summed E-state index contributed by atoms with van der Waals surface area (Å²) in [4.78, 5) is 12.5. The van der Waals surface area contributed by atoms with Crippen LogP contribution in [-0.4, -0.2) is 54.7 Å². The van der Waals surface area contributed by atoms with Gasteiger partial charge >= 0.3 is 0 Å². The number of aromatic nitrogens is 1. The molecule has 0 bridgehead atoms. The van der Waals surface area contributed by atoms with E-state index >= 15 is 0 Å². The number of halogens is 1. The summed E-state index contributed by atoms with van der Waals surface area (Å²) in [6, 6.07) is 8.59. The zero-order chi connectivity index (χ0) is 25.1. The quantitative estimate of drug-likeness (QED) is 0.526. The Kier molecular flexibility index (Phi) is 7.73. The van der Waals surface area contributed by atoms with Gasteiger partial charge in [0, 0.05) is 43.7 Å². The van der Waals surface area contributed by atoms with Gasteiger partial charge in [-0.2, -0.15) is 0 Å². The molecule has 2 heterocycles. The van der Waals surface area contributed by atoms with Crippen LogP contribution in [0.3, 0.4) is 0 Å². The van der Waals surface area contributed by atoms with E-state index in [2.05, 4.69) is 15.8 Å². The zero-order valence-electron chi connectivity index (χ0n) is 20.5. The highest BCUT2D eigenvalue weighted by atomic mass is 32.2. The molecule has 2 aromatic rings. The van der Waals surface area contributed by atoms with E-state index in [1.165, 1.54) is 6.07 Å². The van der Waals surface area contributed by atoms with Crippen LogP contribution >= 0.6 is 0 Å². The molecule has 1 aromatic carbocycles. The first-order valence-corrected chi connectivity index (χ1v) is 14.7. The third kappa shape index (κ3) is 6.52. The molecule has 0 atom stereocenters. The van der Waals surface area contributed by atoms with Crippen molar-refractivity contribution in [3.8, 4) is 0 Å². The van der Waals surface area contributed by atoms with E-state index in [1.807, 2.05) is 6.07 Å².